The topological polar surface area (TPSA) is 24.5 Å². The number of anilines is 1. The Morgan fingerprint density at radius 3 is 2.49 bits per heavy atom. The van der Waals surface area contributed by atoms with Gasteiger partial charge in [0.05, 0.1) is 0 Å². The second-order valence-electron chi connectivity index (χ2n) is 9.01. The lowest BCUT2D eigenvalue weighted by molar-refractivity contribution is 0.289. The van der Waals surface area contributed by atoms with Crippen molar-refractivity contribution < 1.29 is 9.13 Å². The molecule has 35 heavy (non-hydrogen) atoms. The van der Waals surface area contributed by atoms with E-state index >= 15 is 4.39 Å². The number of hydrogen-bond donors (Lipinski definition) is 1. The molecule has 0 heterocycles. The molecular formula is C31H37FN2O. The molecule has 1 atom stereocenters. The average Bonchev–Trinajstić information content (AvgIpc) is 2.83. The minimum Gasteiger partial charge on any atom is -0.454 e. The quantitative estimate of drug-likeness (QED) is 0.393. The van der Waals surface area contributed by atoms with E-state index in [0.29, 0.717) is 5.76 Å². The third kappa shape index (κ3) is 6.83. The van der Waals surface area contributed by atoms with E-state index in [1.807, 2.05) is 31.2 Å². The van der Waals surface area contributed by atoms with Gasteiger partial charge >= 0.3 is 0 Å². The Labute approximate surface area is 209 Å². The Bertz CT molecular complexity index is 1270. The standard InChI is InChI=1S/C31H37FN2O/c1-7-12-30(27-20-24(8-2)22(3)19-23(27)4)35-31-16-15-26(21-28(31)32)33-18-17-29(34(5)6)25-13-10-9-11-14-25/h7,9-16,19-21,29,33H,4,8,17-18H2,1-3,5-6H3/b12-7-,30-27+. The summed E-state index contributed by atoms with van der Waals surface area (Å²) in [6.45, 7) is 11.0. The van der Waals surface area contributed by atoms with Gasteiger partial charge in [0.25, 0.3) is 0 Å². The van der Waals surface area contributed by atoms with Gasteiger partial charge in [-0.05, 0) is 87.0 Å². The van der Waals surface area contributed by atoms with Crippen molar-refractivity contribution in [3.8, 4) is 5.75 Å². The van der Waals surface area contributed by atoms with Crippen LogP contribution in [0.5, 0.6) is 5.75 Å². The van der Waals surface area contributed by atoms with E-state index in [0.717, 1.165) is 35.5 Å². The minimum absolute atomic E-state index is 0.192. The number of halogens is 1. The predicted octanol–water partition coefficient (Wildman–Crippen LogP) is 5.98. The Hall–Kier alpha value is -3.37. The molecule has 0 saturated heterocycles. The van der Waals surface area contributed by atoms with Gasteiger partial charge in [0.1, 0.15) is 5.76 Å². The molecule has 4 heteroatoms. The highest BCUT2D eigenvalue weighted by atomic mass is 19.1. The predicted molar refractivity (Wildman–Crippen MR) is 147 cm³/mol. The summed E-state index contributed by atoms with van der Waals surface area (Å²) in [7, 11) is 4.16. The lowest BCUT2D eigenvalue weighted by Crippen LogP contribution is -2.28. The van der Waals surface area contributed by atoms with E-state index in [-0.39, 0.29) is 11.8 Å². The molecule has 184 valence electrons. The summed E-state index contributed by atoms with van der Waals surface area (Å²) in [6, 6.07) is 19.9. The molecule has 3 aromatic rings. The molecule has 0 bridgehead atoms. The van der Waals surface area contributed by atoms with Gasteiger partial charge in [0.15, 0.2) is 11.6 Å². The second kappa shape index (κ2) is 12.4. The first-order valence-corrected chi connectivity index (χ1v) is 12.2. The molecule has 0 aliphatic rings. The molecule has 0 spiro atoms. The maximum atomic E-state index is 15.0. The van der Waals surface area contributed by atoms with Gasteiger partial charge in [-0.2, -0.15) is 0 Å². The van der Waals surface area contributed by atoms with Crippen LogP contribution in [-0.4, -0.2) is 25.5 Å². The van der Waals surface area contributed by atoms with Crippen molar-refractivity contribution in [1.82, 2.24) is 4.90 Å². The molecule has 0 amide bonds. The summed E-state index contributed by atoms with van der Waals surface area (Å²) in [6.07, 6.45) is 5.56. The van der Waals surface area contributed by atoms with Crippen LogP contribution < -0.4 is 20.5 Å². The molecule has 1 N–H and O–H groups in total. The Kier molecular flexibility index (Phi) is 9.27. The zero-order valence-electron chi connectivity index (χ0n) is 21.6. The maximum absolute atomic E-state index is 15.0. The van der Waals surface area contributed by atoms with Crippen molar-refractivity contribution in [2.24, 2.45) is 0 Å². The molecule has 3 rings (SSSR count). The van der Waals surface area contributed by atoms with Crippen molar-refractivity contribution in [3.63, 3.8) is 0 Å². The highest BCUT2D eigenvalue weighted by molar-refractivity contribution is 5.56. The van der Waals surface area contributed by atoms with Gasteiger partial charge in [0.2, 0.25) is 0 Å². The van der Waals surface area contributed by atoms with Crippen molar-refractivity contribution in [1.29, 1.82) is 0 Å². The highest BCUT2D eigenvalue weighted by Crippen LogP contribution is 2.25. The van der Waals surface area contributed by atoms with Gasteiger partial charge in [-0.1, -0.05) is 56.0 Å². The number of hydrogen-bond acceptors (Lipinski definition) is 3. The van der Waals surface area contributed by atoms with Crippen LogP contribution in [0.4, 0.5) is 10.1 Å². The lowest BCUT2D eigenvalue weighted by atomic mass is 10.0. The van der Waals surface area contributed by atoms with Crippen molar-refractivity contribution in [2.75, 3.05) is 26.0 Å². The van der Waals surface area contributed by atoms with Crippen LogP contribution in [0.1, 0.15) is 43.0 Å². The van der Waals surface area contributed by atoms with Gasteiger partial charge < -0.3 is 15.0 Å². The summed E-state index contributed by atoms with van der Waals surface area (Å²) in [5, 5.41) is 5.09. The van der Waals surface area contributed by atoms with E-state index in [2.05, 4.69) is 81.1 Å². The Balaban J connectivity index is 1.77. The third-order valence-corrected chi connectivity index (χ3v) is 6.23. The van der Waals surface area contributed by atoms with Crippen molar-refractivity contribution in [3.05, 3.63) is 106 Å². The molecule has 3 aromatic carbocycles. The number of nitrogens with zero attached hydrogens (tertiary/aromatic N) is 1. The number of rotatable bonds is 10. The zero-order valence-corrected chi connectivity index (χ0v) is 21.6. The minimum atomic E-state index is -0.405. The van der Waals surface area contributed by atoms with Gasteiger partial charge in [-0.15, -0.1) is 0 Å². The van der Waals surface area contributed by atoms with Crippen molar-refractivity contribution >= 4 is 18.0 Å². The van der Waals surface area contributed by atoms with Crippen LogP contribution >= 0.6 is 0 Å². The lowest BCUT2D eigenvalue weighted by Gasteiger charge is -2.25. The Morgan fingerprint density at radius 1 is 1.11 bits per heavy atom. The largest absolute Gasteiger partial charge is 0.454 e. The Morgan fingerprint density at radius 2 is 1.86 bits per heavy atom. The average molecular weight is 473 g/mol. The van der Waals surface area contributed by atoms with Crippen LogP contribution in [0.15, 0.2) is 72.8 Å². The van der Waals surface area contributed by atoms with Crippen LogP contribution in [0.25, 0.3) is 12.3 Å². The van der Waals surface area contributed by atoms with Crippen LogP contribution in [0.3, 0.4) is 0 Å². The fourth-order valence-electron chi connectivity index (χ4n) is 4.32. The van der Waals surface area contributed by atoms with Crippen LogP contribution in [0, 0.1) is 12.7 Å². The summed E-state index contributed by atoms with van der Waals surface area (Å²) < 4.78 is 21.1. The van der Waals surface area contributed by atoms with Gasteiger partial charge in [0, 0.05) is 29.6 Å². The fourth-order valence-corrected chi connectivity index (χ4v) is 4.32. The second-order valence-corrected chi connectivity index (χ2v) is 9.01. The molecule has 0 saturated carbocycles. The van der Waals surface area contributed by atoms with Crippen LogP contribution in [0.2, 0.25) is 0 Å². The molecular weight excluding hydrogens is 435 g/mol. The normalized spacial score (nSPS) is 13.2. The smallest absolute Gasteiger partial charge is 0.167 e. The monoisotopic (exact) mass is 472 g/mol. The molecule has 3 nitrogen and oxygen atoms in total. The number of ether oxygens (including phenoxy) is 1. The van der Waals surface area contributed by atoms with Gasteiger partial charge in [-0.3, -0.25) is 0 Å². The molecule has 0 aliphatic heterocycles. The maximum Gasteiger partial charge on any atom is 0.167 e. The van der Waals surface area contributed by atoms with E-state index in [9.17, 15) is 0 Å². The first-order valence-electron chi connectivity index (χ1n) is 12.2. The van der Waals surface area contributed by atoms with E-state index in [1.54, 1.807) is 6.07 Å². The number of aryl methyl sites for hydroxylation is 2. The molecule has 0 fully saturated rings. The molecule has 0 aliphatic carbocycles. The summed E-state index contributed by atoms with van der Waals surface area (Å²) in [4.78, 5) is 2.21. The van der Waals surface area contributed by atoms with E-state index < -0.39 is 5.82 Å². The first kappa shape index (κ1) is 26.2. The number of nitrogens with one attached hydrogen (secondary N) is 1. The molecule has 1 unspecified atom stereocenters. The highest BCUT2D eigenvalue weighted by Gasteiger charge is 2.14. The summed E-state index contributed by atoms with van der Waals surface area (Å²) in [5.74, 6) is 0.373. The zero-order chi connectivity index (χ0) is 25.4. The third-order valence-electron chi connectivity index (χ3n) is 6.23. The number of allylic oxidation sites excluding steroid dienone is 1. The summed E-state index contributed by atoms with van der Waals surface area (Å²) >= 11 is 0. The summed E-state index contributed by atoms with van der Waals surface area (Å²) in [5.41, 5.74) is 4.43. The van der Waals surface area contributed by atoms with Crippen molar-refractivity contribution in [2.45, 2.75) is 39.7 Å². The molecule has 0 radical (unpaired) electrons. The van der Waals surface area contributed by atoms with E-state index in [4.69, 9.17) is 4.74 Å². The first-order chi connectivity index (χ1) is 16.8. The fraction of sp³-hybridized carbons (Fsp3) is 0.290. The van der Waals surface area contributed by atoms with Crippen LogP contribution in [-0.2, 0) is 6.42 Å². The van der Waals surface area contributed by atoms with E-state index in [1.165, 1.54) is 22.8 Å². The SMILES string of the molecule is C=c1cc(C)c(CC)c/c1=C(/C=C\C)Oc1ccc(NCCC(c2ccccc2)N(C)C)cc1F. The molecule has 0 aromatic heterocycles. The number of benzene rings is 3. The van der Waals surface area contributed by atoms with Gasteiger partial charge in [-0.25, -0.2) is 4.39 Å².